The molecule has 1 aromatic heterocycles. The van der Waals surface area contributed by atoms with Crippen LogP contribution in [0.3, 0.4) is 0 Å². The fourth-order valence-corrected chi connectivity index (χ4v) is 2.03. The summed E-state index contributed by atoms with van der Waals surface area (Å²) in [6, 6.07) is 5.45. The Morgan fingerprint density at radius 2 is 2.00 bits per heavy atom. The molecule has 3 N–H and O–H groups in total. The first-order chi connectivity index (χ1) is 9.45. The van der Waals surface area contributed by atoms with E-state index >= 15 is 0 Å². The van der Waals surface area contributed by atoms with E-state index in [2.05, 4.69) is 10.4 Å². The van der Waals surface area contributed by atoms with Gasteiger partial charge in [-0.15, -0.1) is 0 Å². The predicted octanol–water partition coefficient (Wildman–Crippen LogP) is 2.48. The van der Waals surface area contributed by atoms with Gasteiger partial charge >= 0.3 is 6.18 Å². The molecule has 7 heteroatoms. The van der Waals surface area contributed by atoms with Gasteiger partial charge in [-0.3, -0.25) is 4.68 Å². The molecular formula is C13H15F3N4. The third-order valence-corrected chi connectivity index (χ3v) is 2.89. The first-order valence-electron chi connectivity index (χ1n) is 6.07. The van der Waals surface area contributed by atoms with E-state index in [9.17, 15) is 13.2 Å². The maximum absolute atomic E-state index is 13.1. The van der Waals surface area contributed by atoms with Gasteiger partial charge in [0, 0.05) is 25.7 Å². The summed E-state index contributed by atoms with van der Waals surface area (Å²) in [6.45, 7) is 0.849. The van der Waals surface area contributed by atoms with E-state index in [-0.39, 0.29) is 5.56 Å². The standard InChI is InChI=1S/C13H15F3N4/c1-20-12(11(8-19-20)18-7-6-17)9-4-2-3-5-10(9)13(14,15)16/h2-5,8,18H,6-7,17H2,1H3. The summed E-state index contributed by atoms with van der Waals surface area (Å²) in [7, 11) is 1.61. The molecule has 0 saturated heterocycles. The van der Waals surface area contributed by atoms with Crippen LogP contribution >= 0.6 is 0 Å². The number of hydrogen-bond acceptors (Lipinski definition) is 3. The molecule has 20 heavy (non-hydrogen) atoms. The quantitative estimate of drug-likeness (QED) is 0.907. The molecule has 0 spiro atoms. The molecule has 0 amide bonds. The van der Waals surface area contributed by atoms with E-state index in [4.69, 9.17) is 5.73 Å². The highest BCUT2D eigenvalue weighted by molar-refractivity contribution is 5.77. The Balaban J connectivity index is 2.54. The molecular weight excluding hydrogens is 269 g/mol. The van der Waals surface area contributed by atoms with Gasteiger partial charge in [-0.2, -0.15) is 18.3 Å². The number of nitrogens with zero attached hydrogens (tertiary/aromatic N) is 2. The minimum atomic E-state index is -4.41. The Labute approximate surface area is 114 Å². The second kappa shape index (κ2) is 5.54. The SMILES string of the molecule is Cn1ncc(NCCN)c1-c1ccccc1C(F)(F)F. The highest BCUT2D eigenvalue weighted by Crippen LogP contribution is 2.39. The lowest BCUT2D eigenvalue weighted by Gasteiger charge is -2.14. The van der Waals surface area contributed by atoms with Crippen molar-refractivity contribution in [3.8, 4) is 11.3 Å². The highest BCUT2D eigenvalue weighted by Gasteiger charge is 2.34. The van der Waals surface area contributed by atoms with Crippen molar-refractivity contribution in [3.63, 3.8) is 0 Å². The Kier molecular flexibility index (Phi) is 3.99. The molecule has 0 unspecified atom stereocenters. The second-order valence-corrected chi connectivity index (χ2v) is 4.29. The second-order valence-electron chi connectivity index (χ2n) is 4.29. The molecule has 4 nitrogen and oxygen atoms in total. The normalized spacial score (nSPS) is 11.7. The van der Waals surface area contributed by atoms with Gasteiger partial charge in [-0.05, 0) is 6.07 Å². The molecule has 2 rings (SSSR count). The van der Waals surface area contributed by atoms with Crippen molar-refractivity contribution in [1.29, 1.82) is 0 Å². The van der Waals surface area contributed by atoms with Crippen LogP contribution in [-0.4, -0.2) is 22.9 Å². The zero-order valence-corrected chi connectivity index (χ0v) is 10.9. The maximum Gasteiger partial charge on any atom is 0.417 e. The number of benzene rings is 1. The van der Waals surface area contributed by atoms with Crippen molar-refractivity contribution in [3.05, 3.63) is 36.0 Å². The van der Waals surface area contributed by atoms with Gasteiger partial charge in [0.2, 0.25) is 0 Å². The van der Waals surface area contributed by atoms with Gasteiger partial charge in [0.15, 0.2) is 0 Å². The number of rotatable bonds is 4. The van der Waals surface area contributed by atoms with E-state index in [1.807, 2.05) is 0 Å². The molecule has 1 heterocycles. The van der Waals surface area contributed by atoms with Crippen LogP contribution in [0.1, 0.15) is 5.56 Å². The number of alkyl halides is 3. The molecule has 0 radical (unpaired) electrons. The Morgan fingerprint density at radius 3 is 2.65 bits per heavy atom. The van der Waals surface area contributed by atoms with Gasteiger partial charge in [-0.1, -0.05) is 18.2 Å². The number of halogens is 3. The zero-order chi connectivity index (χ0) is 14.8. The van der Waals surface area contributed by atoms with Crippen molar-refractivity contribution in [1.82, 2.24) is 9.78 Å². The summed E-state index contributed by atoms with van der Waals surface area (Å²) in [4.78, 5) is 0. The Morgan fingerprint density at radius 1 is 1.30 bits per heavy atom. The molecule has 0 aliphatic heterocycles. The van der Waals surface area contributed by atoms with E-state index in [1.54, 1.807) is 13.1 Å². The topological polar surface area (TPSA) is 55.9 Å². The van der Waals surface area contributed by atoms with E-state index in [0.717, 1.165) is 6.07 Å². The third-order valence-electron chi connectivity index (χ3n) is 2.89. The van der Waals surface area contributed by atoms with Crippen molar-refractivity contribution in [2.45, 2.75) is 6.18 Å². The lowest BCUT2D eigenvalue weighted by atomic mass is 10.0. The summed E-state index contributed by atoms with van der Waals surface area (Å²) in [5.41, 5.74) is 5.75. The molecule has 0 saturated carbocycles. The van der Waals surface area contributed by atoms with Crippen LogP contribution in [0.2, 0.25) is 0 Å². The summed E-state index contributed by atoms with van der Waals surface area (Å²) < 4.78 is 40.7. The van der Waals surface area contributed by atoms with Crippen molar-refractivity contribution in [2.24, 2.45) is 12.8 Å². The van der Waals surface area contributed by atoms with E-state index in [1.165, 1.54) is 23.0 Å². The summed E-state index contributed by atoms with van der Waals surface area (Å²) in [5.74, 6) is 0. The Bertz CT molecular complexity index is 590. The largest absolute Gasteiger partial charge is 0.417 e. The van der Waals surface area contributed by atoms with Crippen LogP contribution < -0.4 is 11.1 Å². The van der Waals surface area contributed by atoms with E-state index < -0.39 is 11.7 Å². The molecule has 0 fully saturated rings. The minimum absolute atomic E-state index is 0.0968. The summed E-state index contributed by atoms with van der Waals surface area (Å²) in [6.07, 6.45) is -2.91. The van der Waals surface area contributed by atoms with Gasteiger partial charge in [0.05, 0.1) is 23.1 Å². The lowest BCUT2D eigenvalue weighted by Crippen LogP contribution is -2.14. The highest BCUT2D eigenvalue weighted by atomic mass is 19.4. The van der Waals surface area contributed by atoms with Crippen LogP contribution in [-0.2, 0) is 13.2 Å². The van der Waals surface area contributed by atoms with Gasteiger partial charge in [0.25, 0.3) is 0 Å². The molecule has 0 atom stereocenters. The number of aromatic nitrogens is 2. The summed E-state index contributed by atoms with van der Waals surface area (Å²) in [5, 5.41) is 7.00. The van der Waals surface area contributed by atoms with Crippen LogP contribution in [0.15, 0.2) is 30.5 Å². The fourth-order valence-electron chi connectivity index (χ4n) is 2.03. The number of aryl methyl sites for hydroxylation is 1. The molecule has 0 bridgehead atoms. The molecule has 2 aromatic rings. The molecule has 1 aromatic carbocycles. The van der Waals surface area contributed by atoms with Gasteiger partial charge in [0.1, 0.15) is 0 Å². The van der Waals surface area contributed by atoms with Crippen molar-refractivity contribution < 1.29 is 13.2 Å². The van der Waals surface area contributed by atoms with Gasteiger partial charge < -0.3 is 11.1 Å². The first-order valence-corrected chi connectivity index (χ1v) is 6.07. The number of nitrogens with one attached hydrogen (secondary N) is 1. The van der Waals surface area contributed by atoms with Crippen LogP contribution in [0.5, 0.6) is 0 Å². The molecule has 0 aliphatic carbocycles. The summed E-state index contributed by atoms with van der Waals surface area (Å²) >= 11 is 0. The molecule has 108 valence electrons. The Hall–Kier alpha value is -2.02. The predicted molar refractivity (Wildman–Crippen MR) is 71.2 cm³/mol. The monoisotopic (exact) mass is 284 g/mol. The fraction of sp³-hybridized carbons (Fsp3) is 0.308. The lowest BCUT2D eigenvalue weighted by molar-refractivity contribution is -0.137. The van der Waals surface area contributed by atoms with Crippen LogP contribution in [0.25, 0.3) is 11.3 Å². The van der Waals surface area contributed by atoms with E-state index in [0.29, 0.717) is 24.5 Å². The van der Waals surface area contributed by atoms with Crippen LogP contribution in [0, 0.1) is 0 Å². The number of hydrogen-bond donors (Lipinski definition) is 2. The van der Waals surface area contributed by atoms with Crippen molar-refractivity contribution in [2.75, 3.05) is 18.4 Å². The average Bonchev–Trinajstić information content (AvgIpc) is 2.76. The maximum atomic E-state index is 13.1. The number of nitrogens with two attached hydrogens (primary N) is 1. The zero-order valence-electron chi connectivity index (χ0n) is 10.9. The number of anilines is 1. The third kappa shape index (κ3) is 2.77. The smallest absolute Gasteiger partial charge is 0.381 e. The van der Waals surface area contributed by atoms with Gasteiger partial charge in [-0.25, -0.2) is 0 Å². The average molecular weight is 284 g/mol. The van der Waals surface area contributed by atoms with Crippen molar-refractivity contribution >= 4 is 5.69 Å². The minimum Gasteiger partial charge on any atom is -0.381 e. The first kappa shape index (κ1) is 14.4. The molecule has 0 aliphatic rings. The van der Waals surface area contributed by atoms with Crippen LogP contribution in [0.4, 0.5) is 18.9 Å².